The third-order valence-electron chi connectivity index (χ3n) is 6.82. The highest BCUT2D eigenvalue weighted by Gasteiger charge is 2.17. The molecule has 0 aliphatic heterocycles. The lowest BCUT2D eigenvalue weighted by atomic mass is 9.96. The van der Waals surface area contributed by atoms with Gasteiger partial charge in [0.05, 0.1) is 22.8 Å². The molecule has 0 aliphatic rings. The number of hydrogen-bond acceptors (Lipinski definition) is 2. The first-order chi connectivity index (χ1) is 16.9. The van der Waals surface area contributed by atoms with Crippen LogP contribution < -0.4 is 5.32 Å². The maximum Gasteiger partial charge on any atom is 0.252 e. The van der Waals surface area contributed by atoms with Crippen LogP contribution in [-0.4, -0.2) is 10.9 Å². The Morgan fingerprint density at radius 1 is 0.857 bits per heavy atom. The maximum absolute atomic E-state index is 13.5. The number of hydrogen-bond donors (Lipinski definition) is 1. The predicted octanol–water partition coefficient (Wildman–Crippen LogP) is 8.10. The molecule has 0 aliphatic carbocycles. The van der Waals surface area contributed by atoms with Gasteiger partial charge in [-0.25, -0.2) is 4.98 Å². The normalized spacial score (nSPS) is 13.1. The highest BCUT2D eigenvalue weighted by molar-refractivity contribution is 6.07. The molecule has 0 spiro atoms. The summed E-state index contributed by atoms with van der Waals surface area (Å²) in [6, 6.07) is 26.8. The zero-order chi connectivity index (χ0) is 24.9. The van der Waals surface area contributed by atoms with Crippen molar-refractivity contribution in [3.8, 4) is 11.3 Å². The van der Waals surface area contributed by atoms with Crippen molar-refractivity contribution >= 4 is 16.8 Å². The molecule has 3 aromatic carbocycles. The summed E-state index contributed by atoms with van der Waals surface area (Å²) in [4.78, 5) is 18.4. The Balaban J connectivity index is 1.62. The summed E-state index contributed by atoms with van der Waals surface area (Å²) in [5.41, 5.74) is 7.06. The van der Waals surface area contributed by atoms with Gasteiger partial charge >= 0.3 is 0 Å². The molecule has 0 saturated heterocycles. The Morgan fingerprint density at radius 2 is 1.51 bits per heavy atom. The number of pyridine rings is 1. The molecule has 0 radical (unpaired) electrons. The molecular formula is C32H36N2O. The summed E-state index contributed by atoms with van der Waals surface area (Å²) in [7, 11) is 0. The van der Waals surface area contributed by atoms with Gasteiger partial charge in [-0.1, -0.05) is 94.4 Å². The number of amides is 1. The first kappa shape index (κ1) is 24.7. The topological polar surface area (TPSA) is 42.0 Å². The van der Waals surface area contributed by atoms with E-state index in [1.165, 1.54) is 11.1 Å². The number of nitrogens with zero attached hydrogens (tertiary/aromatic N) is 1. The number of carbonyl (C=O) groups excluding carboxylic acids is 1. The zero-order valence-electron chi connectivity index (χ0n) is 21.5. The lowest BCUT2D eigenvalue weighted by Gasteiger charge is -2.17. The van der Waals surface area contributed by atoms with Crippen molar-refractivity contribution in [1.82, 2.24) is 10.3 Å². The number of benzene rings is 3. The molecule has 3 nitrogen and oxygen atoms in total. The number of para-hydroxylation sites is 1. The predicted molar refractivity (Wildman–Crippen MR) is 147 cm³/mol. The van der Waals surface area contributed by atoms with E-state index < -0.39 is 0 Å². The fourth-order valence-electron chi connectivity index (χ4n) is 4.50. The van der Waals surface area contributed by atoms with Crippen molar-refractivity contribution in [2.75, 3.05) is 0 Å². The van der Waals surface area contributed by atoms with Gasteiger partial charge in [0.15, 0.2) is 0 Å². The van der Waals surface area contributed by atoms with E-state index in [9.17, 15) is 4.79 Å². The summed E-state index contributed by atoms with van der Waals surface area (Å²) >= 11 is 0. The highest BCUT2D eigenvalue weighted by atomic mass is 16.1. The number of carbonyl (C=O) groups is 1. The smallest absolute Gasteiger partial charge is 0.252 e. The number of aromatic nitrogens is 1. The molecule has 0 saturated carbocycles. The van der Waals surface area contributed by atoms with Gasteiger partial charge in [0.25, 0.3) is 5.91 Å². The Kier molecular flexibility index (Phi) is 7.65. The van der Waals surface area contributed by atoms with Crippen LogP contribution in [0.5, 0.6) is 0 Å². The van der Waals surface area contributed by atoms with Crippen LogP contribution in [0.2, 0.25) is 0 Å². The Morgan fingerprint density at radius 3 is 2.17 bits per heavy atom. The monoisotopic (exact) mass is 464 g/mol. The Bertz CT molecular complexity index is 1290. The third-order valence-corrected chi connectivity index (χ3v) is 6.82. The van der Waals surface area contributed by atoms with Crippen LogP contribution in [0.25, 0.3) is 22.2 Å². The fraction of sp³-hybridized carbons (Fsp3) is 0.312. The third kappa shape index (κ3) is 5.79. The lowest BCUT2D eigenvalue weighted by molar-refractivity contribution is 0.0941. The van der Waals surface area contributed by atoms with Gasteiger partial charge in [0.1, 0.15) is 0 Å². The van der Waals surface area contributed by atoms with Crippen LogP contribution in [0, 0.1) is 5.92 Å². The second kappa shape index (κ2) is 10.9. The van der Waals surface area contributed by atoms with Gasteiger partial charge in [-0.15, -0.1) is 0 Å². The largest absolute Gasteiger partial charge is 0.345 e. The molecule has 0 fully saturated rings. The molecular weight excluding hydrogens is 428 g/mol. The van der Waals surface area contributed by atoms with Gasteiger partial charge < -0.3 is 5.32 Å². The summed E-state index contributed by atoms with van der Waals surface area (Å²) in [5, 5.41) is 4.08. The molecule has 1 heterocycles. The van der Waals surface area contributed by atoms with Gasteiger partial charge in [0.2, 0.25) is 0 Å². The quantitative estimate of drug-likeness (QED) is 0.286. The van der Waals surface area contributed by atoms with E-state index in [-0.39, 0.29) is 11.9 Å². The highest BCUT2D eigenvalue weighted by Crippen LogP contribution is 2.27. The molecule has 0 bridgehead atoms. The van der Waals surface area contributed by atoms with Crippen LogP contribution in [0.15, 0.2) is 78.9 Å². The van der Waals surface area contributed by atoms with Crippen LogP contribution in [0.4, 0.5) is 0 Å². The maximum atomic E-state index is 13.5. The van der Waals surface area contributed by atoms with Crippen molar-refractivity contribution in [2.45, 2.75) is 59.4 Å². The first-order valence-corrected chi connectivity index (χ1v) is 12.8. The molecule has 1 N–H and O–H groups in total. The van der Waals surface area contributed by atoms with Crippen molar-refractivity contribution in [2.24, 2.45) is 5.92 Å². The average Bonchev–Trinajstić information content (AvgIpc) is 2.87. The van der Waals surface area contributed by atoms with Gasteiger partial charge in [-0.05, 0) is 60.4 Å². The van der Waals surface area contributed by atoms with Crippen LogP contribution in [-0.2, 0) is 6.42 Å². The Labute approximate surface area is 209 Å². The van der Waals surface area contributed by atoms with E-state index in [1.54, 1.807) is 0 Å². The second-order valence-corrected chi connectivity index (χ2v) is 10.0. The minimum absolute atomic E-state index is 0.0835. The van der Waals surface area contributed by atoms with E-state index in [0.717, 1.165) is 40.6 Å². The number of nitrogens with one attached hydrogen (secondary N) is 1. The molecule has 1 aromatic heterocycles. The number of fused-ring (bicyclic) bond motifs is 1. The van der Waals surface area contributed by atoms with E-state index >= 15 is 0 Å². The SMILES string of the molecule is CC[C@H](C)c1ccc([C@@H](C)NC(=O)c2cc(-c3ccc(CC(C)C)cc3)nc3ccccc23)cc1. The molecule has 35 heavy (non-hydrogen) atoms. The van der Waals surface area contributed by atoms with E-state index in [4.69, 9.17) is 4.98 Å². The molecule has 180 valence electrons. The standard InChI is InChI=1S/C32H36N2O/c1-6-22(4)25-15-17-26(18-16-25)23(5)33-32(35)29-20-31(34-30-10-8-7-9-28(29)30)27-13-11-24(12-14-27)19-21(2)3/h7-18,20-23H,6,19H2,1-5H3,(H,33,35)/t22-,23+/m0/s1. The summed E-state index contributed by atoms with van der Waals surface area (Å²) in [6.07, 6.45) is 2.17. The van der Waals surface area contributed by atoms with Crippen molar-refractivity contribution in [3.05, 3.63) is 101 Å². The molecule has 4 aromatic rings. The molecule has 1 amide bonds. The fourth-order valence-corrected chi connectivity index (χ4v) is 4.50. The number of rotatable bonds is 8. The van der Waals surface area contributed by atoms with Crippen molar-refractivity contribution < 1.29 is 4.79 Å². The molecule has 2 atom stereocenters. The molecule has 3 heteroatoms. The van der Waals surface area contributed by atoms with Gasteiger partial charge in [-0.2, -0.15) is 0 Å². The van der Waals surface area contributed by atoms with Crippen molar-refractivity contribution in [3.63, 3.8) is 0 Å². The Hall–Kier alpha value is -3.46. The molecule has 0 unspecified atom stereocenters. The zero-order valence-corrected chi connectivity index (χ0v) is 21.5. The van der Waals surface area contributed by atoms with Crippen molar-refractivity contribution in [1.29, 1.82) is 0 Å². The average molecular weight is 465 g/mol. The van der Waals surface area contributed by atoms with Crippen LogP contribution >= 0.6 is 0 Å². The minimum atomic E-state index is -0.0980. The van der Waals surface area contributed by atoms with Crippen LogP contribution in [0.3, 0.4) is 0 Å². The van der Waals surface area contributed by atoms with Gasteiger partial charge in [0, 0.05) is 10.9 Å². The van der Waals surface area contributed by atoms with Gasteiger partial charge in [-0.3, -0.25) is 4.79 Å². The van der Waals surface area contributed by atoms with E-state index in [0.29, 0.717) is 17.4 Å². The minimum Gasteiger partial charge on any atom is -0.345 e. The summed E-state index contributed by atoms with van der Waals surface area (Å²) < 4.78 is 0. The first-order valence-electron chi connectivity index (χ1n) is 12.8. The molecule has 4 rings (SSSR count). The van der Waals surface area contributed by atoms with E-state index in [1.807, 2.05) is 37.3 Å². The lowest BCUT2D eigenvalue weighted by Crippen LogP contribution is -2.27. The van der Waals surface area contributed by atoms with Crippen LogP contribution in [0.1, 0.15) is 80.0 Å². The summed E-state index contributed by atoms with van der Waals surface area (Å²) in [6.45, 7) is 10.9. The summed E-state index contributed by atoms with van der Waals surface area (Å²) in [5.74, 6) is 1.07. The second-order valence-electron chi connectivity index (χ2n) is 10.0. The van der Waals surface area contributed by atoms with E-state index in [2.05, 4.69) is 81.5 Å².